The standard InChI is InChI=1S/C22H33N3O/c1-2-11-25-13-6-9-19-20(14-23-22(19)25)17-8-5-12-24(15-17)16-18-7-3-4-10-21(18)26/h3-4,6-7,10,13,17,19-20,22-23,26H,2,5,8-9,11-12,14-16H2,1H3/t17-,19?,20?,22?/m0/s1. The number of phenols is 1. The molecule has 4 rings (SSSR count). The Kier molecular flexibility index (Phi) is 5.51. The lowest BCUT2D eigenvalue weighted by Gasteiger charge is -2.40. The van der Waals surface area contributed by atoms with E-state index in [1.807, 2.05) is 12.1 Å². The zero-order valence-corrected chi connectivity index (χ0v) is 16.0. The summed E-state index contributed by atoms with van der Waals surface area (Å²) in [6, 6.07) is 7.79. The van der Waals surface area contributed by atoms with Gasteiger partial charge in [-0.1, -0.05) is 31.2 Å². The van der Waals surface area contributed by atoms with Crippen LogP contribution in [-0.2, 0) is 6.54 Å². The molecule has 0 aromatic heterocycles. The topological polar surface area (TPSA) is 38.7 Å². The number of rotatable bonds is 5. The highest BCUT2D eigenvalue weighted by Crippen LogP contribution is 2.39. The van der Waals surface area contributed by atoms with Crippen molar-refractivity contribution in [3.63, 3.8) is 0 Å². The lowest BCUT2D eigenvalue weighted by atomic mass is 9.76. The molecule has 3 heterocycles. The summed E-state index contributed by atoms with van der Waals surface area (Å²) in [5, 5.41) is 13.9. The van der Waals surface area contributed by atoms with Crippen molar-refractivity contribution in [2.75, 3.05) is 26.2 Å². The molecule has 26 heavy (non-hydrogen) atoms. The van der Waals surface area contributed by atoms with Gasteiger partial charge in [0.05, 0.1) is 6.17 Å². The summed E-state index contributed by atoms with van der Waals surface area (Å²) < 4.78 is 0. The molecular formula is C22H33N3O. The molecule has 4 nitrogen and oxygen atoms in total. The van der Waals surface area contributed by atoms with E-state index in [9.17, 15) is 5.11 Å². The van der Waals surface area contributed by atoms with Crippen LogP contribution in [0, 0.1) is 17.8 Å². The smallest absolute Gasteiger partial charge is 0.120 e. The fourth-order valence-electron chi connectivity index (χ4n) is 5.36. The summed E-state index contributed by atoms with van der Waals surface area (Å²) >= 11 is 0. The molecule has 0 aliphatic carbocycles. The van der Waals surface area contributed by atoms with Crippen LogP contribution in [0.5, 0.6) is 5.75 Å². The number of hydrogen-bond acceptors (Lipinski definition) is 4. The average Bonchev–Trinajstić information content (AvgIpc) is 3.09. The number of para-hydroxylation sites is 1. The summed E-state index contributed by atoms with van der Waals surface area (Å²) in [6.07, 6.45) is 10.3. The van der Waals surface area contributed by atoms with Crippen molar-refractivity contribution >= 4 is 0 Å². The molecule has 0 bridgehead atoms. The first-order valence-electron chi connectivity index (χ1n) is 10.4. The zero-order valence-electron chi connectivity index (χ0n) is 16.0. The first-order chi connectivity index (χ1) is 12.8. The summed E-state index contributed by atoms with van der Waals surface area (Å²) in [6.45, 7) is 7.78. The van der Waals surface area contributed by atoms with E-state index in [2.05, 4.69) is 40.4 Å². The number of nitrogens with one attached hydrogen (secondary N) is 1. The lowest BCUT2D eigenvalue weighted by Crippen LogP contribution is -2.45. The van der Waals surface area contributed by atoms with Gasteiger partial charge in [0.15, 0.2) is 0 Å². The first kappa shape index (κ1) is 17.9. The van der Waals surface area contributed by atoms with E-state index >= 15 is 0 Å². The molecule has 2 saturated heterocycles. The molecule has 2 N–H and O–H groups in total. The van der Waals surface area contributed by atoms with Crippen LogP contribution >= 0.6 is 0 Å². The molecule has 0 spiro atoms. The highest BCUT2D eigenvalue weighted by atomic mass is 16.3. The minimum absolute atomic E-state index is 0.435. The molecule has 0 amide bonds. The highest BCUT2D eigenvalue weighted by molar-refractivity contribution is 5.31. The van der Waals surface area contributed by atoms with Crippen molar-refractivity contribution in [3.05, 3.63) is 42.1 Å². The predicted molar refractivity (Wildman–Crippen MR) is 106 cm³/mol. The lowest BCUT2D eigenvalue weighted by molar-refractivity contribution is 0.0947. The van der Waals surface area contributed by atoms with Crippen molar-refractivity contribution in [2.24, 2.45) is 17.8 Å². The fourth-order valence-corrected chi connectivity index (χ4v) is 5.36. The van der Waals surface area contributed by atoms with Crippen molar-refractivity contribution < 1.29 is 5.11 Å². The van der Waals surface area contributed by atoms with Gasteiger partial charge in [0.25, 0.3) is 0 Å². The Balaban J connectivity index is 1.40. The Morgan fingerprint density at radius 1 is 1.23 bits per heavy atom. The summed E-state index contributed by atoms with van der Waals surface area (Å²) in [5.41, 5.74) is 1.06. The second-order valence-electron chi connectivity index (χ2n) is 8.31. The quantitative estimate of drug-likeness (QED) is 0.849. The van der Waals surface area contributed by atoms with E-state index in [-0.39, 0.29) is 0 Å². The number of benzene rings is 1. The van der Waals surface area contributed by atoms with E-state index in [4.69, 9.17) is 0 Å². The number of phenolic OH excluding ortho intramolecular Hbond substituents is 1. The van der Waals surface area contributed by atoms with Crippen LogP contribution in [0.25, 0.3) is 0 Å². The van der Waals surface area contributed by atoms with Crippen molar-refractivity contribution in [1.29, 1.82) is 0 Å². The first-order valence-corrected chi connectivity index (χ1v) is 10.4. The molecule has 3 aliphatic rings. The molecule has 0 saturated carbocycles. The minimum Gasteiger partial charge on any atom is -0.508 e. The zero-order chi connectivity index (χ0) is 17.9. The van der Waals surface area contributed by atoms with Crippen LogP contribution in [0.2, 0.25) is 0 Å². The van der Waals surface area contributed by atoms with Crippen LogP contribution in [0.15, 0.2) is 36.5 Å². The predicted octanol–water partition coefficient (Wildman–Crippen LogP) is 3.40. The number of nitrogens with zero attached hydrogens (tertiary/aromatic N) is 2. The van der Waals surface area contributed by atoms with Crippen LogP contribution < -0.4 is 5.32 Å². The molecule has 1 aromatic rings. The van der Waals surface area contributed by atoms with Gasteiger partial charge in [-0.15, -0.1) is 0 Å². The van der Waals surface area contributed by atoms with Crippen molar-refractivity contribution in [1.82, 2.24) is 15.1 Å². The summed E-state index contributed by atoms with van der Waals surface area (Å²) in [4.78, 5) is 5.08. The summed E-state index contributed by atoms with van der Waals surface area (Å²) in [5.74, 6) is 2.73. The Bertz CT molecular complexity index is 632. The molecule has 0 radical (unpaired) electrons. The SMILES string of the molecule is CCCN1C=CCC2C([C@H]3CCCN(Cc4ccccc4O)C3)CNC21. The average molecular weight is 356 g/mol. The molecule has 4 heteroatoms. The Morgan fingerprint density at radius 3 is 2.96 bits per heavy atom. The molecule has 3 unspecified atom stereocenters. The number of likely N-dealkylation sites (tertiary alicyclic amines) is 1. The number of allylic oxidation sites excluding steroid dienone is 1. The van der Waals surface area contributed by atoms with Gasteiger partial charge in [-0.3, -0.25) is 10.2 Å². The minimum atomic E-state index is 0.435. The fraction of sp³-hybridized carbons (Fsp3) is 0.636. The van der Waals surface area contributed by atoms with Gasteiger partial charge in [0, 0.05) is 37.7 Å². The maximum absolute atomic E-state index is 10.1. The molecular weight excluding hydrogens is 322 g/mol. The van der Waals surface area contributed by atoms with Gasteiger partial charge in [-0.2, -0.15) is 0 Å². The number of hydrogen-bond donors (Lipinski definition) is 2. The van der Waals surface area contributed by atoms with Gasteiger partial charge >= 0.3 is 0 Å². The molecule has 4 atom stereocenters. The van der Waals surface area contributed by atoms with E-state index in [0.717, 1.165) is 49.5 Å². The third-order valence-electron chi connectivity index (χ3n) is 6.60. The third kappa shape index (κ3) is 3.63. The molecule has 2 fully saturated rings. The van der Waals surface area contributed by atoms with Crippen molar-refractivity contribution in [3.8, 4) is 5.75 Å². The summed E-state index contributed by atoms with van der Waals surface area (Å²) in [7, 11) is 0. The van der Waals surface area contributed by atoms with Gasteiger partial charge < -0.3 is 10.0 Å². The van der Waals surface area contributed by atoms with Gasteiger partial charge in [-0.25, -0.2) is 0 Å². The van der Waals surface area contributed by atoms with E-state index in [1.165, 1.54) is 32.2 Å². The van der Waals surface area contributed by atoms with Crippen LogP contribution in [0.1, 0.15) is 38.2 Å². The normalized spacial score (nSPS) is 32.0. The number of fused-ring (bicyclic) bond motifs is 1. The van der Waals surface area contributed by atoms with Crippen LogP contribution in [0.3, 0.4) is 0 Å². The maximum atomic E-state index is 10.1. The van der Waals surface area contributed by atoms with Crippen molar-refractivity contribution in [2.45, 2.75) is 45.3 Å². The number of piperidine rings is 1. The van der Waals surface area contributed by atoms with Gasteiger partial charge in [-0.05, 0) is 56.3 Å². The third-order valence-corrected chi connectivity index (χ3v) is 6.60. The van der Waals surface area contributed by atoms with E-state index in [0.29, 0.717) is 11.9 Å². The Morgan fingerprint density at radius 2 is 2.12 bits per heavy atom. The largest absolute Gasteiger partial charge is 0.508 e. The highest BCUT2D eigenvalue weighted by Gasteiger charge is 2.43. The van der Waals surface area contributed by atoms with E-state index in [1.54, 1.807) is 6.07 Å². The van der Waals surface area contributed by atoms with Gasteiger partial charge in [0.2, 0.25) is 0 Å². The maximum Gasteiger partial charge on any atom is 0.120 e. The monoisotopic (exact) mass is 355 g/mol. The Hall–Kier alpha value is -1.52. The molecule has 1 aromatic carbocycles. The van der Waals surface area contributed by atoms with E-state index < -0.39 is 0 Å². The number of aromatic hydroxyl groups is 1. The molecule has 3 aliphatic heterocycles. The second-order valence-corrected chi connectivity index (χ2v) is 8.31. The second kappa shape index (κ2) is 8.01. The molecule has 142 valence electrons. The Labute approximate surface area is 157 Å². The van der Waals surface area contributed by atoms with Gasteiger partial charge in [0.1, 0.15) is 5.75 Å². The van der Waals surface area contributed by atoms with Crippen LogP contribution in [-0.4, -0.2) is 47.3 Å². The van der Waals surface area contributed by atoms with Crippen LogP contribution in [0.4, 0.5) is 0 Å².